The van der Waals surface area contributed by atoms with E-state index in [-0.39, 0.29) is 0 Å². The van der Waals surface area contributed by atoms with Crippen molar-refractivity contribution in [2.75, 3.05) is 21.3 Å². The molecule has 5 aromatic carbocycles. The van der Waals surface area contributed by atoms with Gasteiger partial charge in [0.05, 0.1) is 23.3 Å². The van der Waals surface area contributed by atoms with Crippen LogP contribution < -0.4 is 21.3 Å². The molecule has 0 fully saturated rings. The van der Waals surface area contributed by atoms with Crippen molar-refractivity contribution in [3.05, 3.63) is 166 Å². The third-order valence-electron chi connectivity index (χ3n) is 9.32. The van der Waals surface area contributed by atoms with E-state index in [1.165, 1.54) is 11.1 Å². The van der Waals surface area contributed by atoms with E-state index < -0.39 is 0 Å². The summed E-state index contributed by atoms with van der Waals surface area (Å²) in [5.74, 6) is 3.58. The van der Waals surface area contributed by atoms with Crippen LogP contribution in [0.4, 0.5) is 46.5 Å². The lowest BCUT2D eigenvalue weighted by atomic mass is 10.0. The van der Waals surface area contributed by atoms with Gasteiger partial charge in [0, 0.05) is 35.6 Å². The van der Waals surface area contributed by atoms with Crippen molar-refractivity contribution in [2.24, 2.45) is 0 Å². The Labute approximate surface area is 338 Å². The molecule has 0 bridgehead atoms. The maximum absolute atomic E-state index is 9.24. The molecule has 0 unspecified atom stereocenters. The molecule has 2 heterocycles. The van der Waals surface area contributed by atoms with Crippen molar-refractivity contribution < 1.29 is 0 Å². The lowest BCUT2D eigenvalue weighted by molar-refractivity contribution is 0.850. The molecule has 0 spiro atoms. The van der Waals surface area contributed by atoms with Gasteiger partial charge in [-0.15, -0.1) is 0 Å². The first kappa shape index (κ1) is 38.6. The summed E-state index contributed by atoms with van der Waals surface area (Å²) in [6, 6.07) is 43.2. The van der Waals surface area contributed by atoms with Gasteiger partial charge in [-0.1, -0.05) is 76.2 Å². The molecule has 0 aliphatic heterocycles. The van der Waals surface area contributed by atoms with Crippen LogP contribution in [-0.4, -0.2) is 29.9 Å². The van der Waals surface area contributed by atoms with E-state index in [1.54, 1.807) is 36.4 Å². The molecule has 0 saturated heterocycles. The van der Waals surface area contributed by atoms with Gasteiger partial charge in [0.1, 0.15) is 11.6 Å². The predicted molar refractivity (Wildman–Crippen MR) is 228 cm³/mol. The molecule has 0 amide bonds. The summed E-state index contributed by atoms with van der Waals surface area (Å²) in [4.78, 5) is 28.4. The molecule has 0 saturated carbocycles. The molecule has 58 heavy (non-hydrogen) atoms. The Morgan fingerprint density at radius 1 is 0.397 bits per heavy atom. The molecule has 0 aliphatic rings. The van der Waals surface area contributed by atoms with Gasteiger partial charge in [-0.2, -0.15) is 35.4 Å². The Balaban J connectivity index is 1.11. The zero-order chi connectivity index (χ0) is 40.4. The Hall–Kier alpha value is -7.70. The van der Waals surface area contributed by atoms with Gasteiger partial charge < -0.3 is 21.3 Å². The second-order valence-corrected chi connectivity index (χ2v) is 14.4. The quantitative estimate of drug-likeness (QED) is 0.0827. The lowest BCUT2D eigenvalue weighted by Crippen LogP contribution is -2.09. The number of anilines is 8. The molecule has 0 aliphatic carbocycles. The summed E-state index contributed by atoms with van der Waals surface area (Å²) >= 11 is 0. The van der Waals surface area contributed by atoms with E-state index in [9.17, 15) is 10.5 Å². The number of aromatic nitrogens is 6. The first-order chi connectivity index (χ1) is 28.2. The number of hydrogen-bond acceptors (Lipinski definition) is 12. The largest absolute Gasteiger partial charge is 0.324 e. The van der Waals surface area contributed by atoms with Gasteiger partial charge >= 0.3 is 0 Å². The van der Waals surface area contributed by atoms with Crippen LogP contribution in [0, 0.1) is 22.7 Å². The van der Waals surface area contributed by atoms with Crippen LogP contribution in [0.15, 0.2) is 121 Å². The first-order valence-electron chi connectivity index (χ1n) is 19.0. The van der Waals surface area contributed by atoms with Crippen LogP contribution >= 0.6 is 0 Å². The van der Waals surface area contributed by atoms with E-state index in [0.29, 0.717) is 71.2 Å². The number of nitrogens with zero attached hydrogens (tertiary/aromatic N) is 8. The fraction of sp³-hybridized carbons (Fsp3) is 0.174. The second kappa shape index (κ2) is 17.8. The zero-order valence-corrected chi connectivity index (χ0v) is 32.7. The third kappa shape index (κ3) is 10.3. The van der Waals surface area contributed by atoms with E-state index in [1.807, 2.05) is 48.5 Å². The first-order valence-corrected chi connectivity index (χ1v) is 19.0. The number of nitriles is 2. The van der Waals surface area contributed by atoms with Gasteiger partial charge in [0.25, 0.3) is 0 Å². The SMILES string of the molecule is CC(C)c1ccc(Cc2nc(Cc3ccc(Nc4nc(Nc5ccc(C#N)cc5)nc(Nc5ccc(C(C)C)cc5)n4)cc3)nc(Nc3ccc(C#N)cc3)n2)cc1. The number of rotatable bonds is 14. The van der Waals surface area contributed by atoms with Crippen LogP contribution in [-0.2, 0) is 12.8 Å². The maximum atomic E-state index is 9.24. The average molecular weight is 763 g/mol. The fourth-order valence-electron chi connectivity index (χ4n) is 6.04. The predicted octanol–water partition coefficient (Wildman–Crippen LogP) is 10.2. The highest BCUT2D eigenvalue weighted by molar-refractivity contribution is 5.63. The van der Waals surface area contributed by atoms with Gasteiger partial charge in [-0.25, -0.2) is 4.98 Å². The minimum Gasteiger partial charge on any atom is -0.324 e. The highest BCUT2D eigenvalue weighted by Gasteiger charge is 2.13. The van der Waals surface area contributed by atoms with Crippen LogP contribution in [0.5, 0.6) is 0 Å². The topological polar surface area (TPSA) is 173 Å². The van der Waals surface area contributed by atoms with Gasteiger partial charge in [0.15, 0.2) is 0 Å². The number of benzene rings is 5. The van der Waals surface area contributed by atoms with Gasteiger partial charge in [0.2, 0.25) is 23.8 Å². The highest BCUT2D eigenvalue weighted by Crippen LogP contribution is 2.24. The smallest absolute Gasteiger partial charge is 0.233 e. The minimum atomic E-state index is 0.326. The normalized spacial score (nSPS) is 10.8. The van der Waals surface area contributed by atoms with Crippen LogP contribution in [0.1, 0.15) is 84.6 Å². The molecule has 0 radical (unpaired) electrons. The molecule has 2 aromatic heterocycles. The van der Waals surface area contributed by atoms with Gasteiger partial charge in [-0.05, 0) is 107 Å². The molecular formula is C46H42N12. The molecule has 7 rings (SSSR count). The summed E-state index contributed by atoms with van der Waals surface area (Å²) in [5.41, 5.74) is 8.88. The lowest BCUT2D eigenvalue weighted by Gasteiger charge is -2.13. The minimum absolute atomic E-state index is 0.326. The Morgan fingerprint density at radius 2 is 0.690 bits per heavy atom. The molecule has 286 valence electrons. The standard InChI is InChI=1S/C46H42N12/c1-29(2)35-13-5-31(6-14-35)25-41-53-42(55-43(54-41)49-38-19-9-33(27-47)10-20-38)26-32-7-17-37(18-8-32)50-44-56-45(51-39-21-11-34(28-48)12-22-39)58-46(57-44)52-40-23-15-36(16-24-40)30(3)4/h5-24,29-30H,25-26H2,1-4H3,(H,49,53,54,55)(H3,50,51,52,56,57,58). The molecule has 7 aromatic rings. The average Bonchev–Trinajstić information content (AvgIpc) is 3.22. The van der Waals surface area contributed by atoms with Crippen molar-refractivity contribution in [1.82, 2.24) is 29.9 Å². The van der Waals surface area contributed by atoms with Crippen LogP contribution in [0.2, 0.25) is 0 Å². The third-order valence-corrected chi connectivity index (χ3v) is 9.32. The van der Waals surface area contributed by atoms with Gasteiger partial charge in [-0.3, -0.25) is 0 Å². The number of nitrogens with one attached hydrogen (secondary N) is 4. The van der Waals surface area contributed by atoms with Crippen LogP contribution in [0.3, 0.4) is 0 Å². The van der Waals surface area contributed by atoms with E-state index in [2.05, 4.69) is 112 Å². The summed E-state index contributed by atoms with van der Waals surface area (Å²) in [5, 5.41) is 31.6. The van der Waals surface area contributed by atoms with Crippen molar-refractivity contribution in [3.8, 4) is 12.1 Å². The summed E-state index contributed by atoms with van der Waals surface area (Å²) in [7, 11) is 0. The van der Waals surface area contributed by atoms with Crippen LogP contribution in [0.25, 0.3) is 0 Å². The van der Waals surface area contributed by atoms with Crippen molar-refractivity contribution in [2.45, 2.75) is 52.4 Å². The molecule has 12 heteroatoms. The van der Waals surface area contributed by atoms with Crippen molar-refractivity contribution in [3.63, 3.8) is 0 Å². The summed E-state index contributed by atoms with van der Waals surface area (Å²) in [6.45, 7) is 8.68. The van der Waals surface area contributed by atoms with E-state index >= 15 is 0 Å². The number of hydrogen-bond donors (Lipinski definition) is 4. The Bertz CT molecular complexity index is 2370. The molecular weight excluding hydrogens is 721 g/mol. The maximum Gasteiger partial charge on any atom is 0.233 e. The second-order valence-electron chi connectivity index (χ2n) is 14.4. The van der Waals surface area contributed by atoms with E-state index in [0.717, 1.165) is 33.9 Å². The monoisotopic (exact) mass is 762 g/mol. The molecule has 0 atom stereocenters. The Kier molecular flexibility index (Phi) is 11.9. The van der Waals surface area contributed by atoms with Crippen molar-refractivity contribution >= 4 is 46.5 Å². The Morgan fingerprint density at radius 3 is 1.03 bits per heavy atom. The molecule has 12 nitrogen and oxygen atoms in total. The molecule has 4 N–H and O–H groups in total. The highest BCUT2D eigenvalue weighted by atomic mass is 15.3. The zero-order valence-electron chi connectivity index (χ0n) is 32.7. The summed E-state index contributed by atoms with van der Waals surface area (Å²) in [6.07, 6.45) is 1.02. The van der Waals surface area contributed by atoms with E-state index in [4.69, 9.17) is 15.0 Å². The van der Waals surface area contributed by atoms with Crippen molar-refractivity contribution in [1.29, 1.82) is 10.5 Å². The summed E-state index contributed by atoms with van der Waals surface area (Å²) < 4.78 is 0. The fourth-order valence-corrected chi connectivity index (χ4v) is 6.04.